The van der Waals surface area contributed by atoms with Crippen molar-refractivity contribution in [2.75, 3.05) is 18.0 Å². The SMILES string of the molecule is CCc1[nH]c2ccc(N(CC)CC)cc2c(=O)c1C. The molecule has 0 amide bonds. The van der Waals surface area contributed by atoms with E-state index in [0.717, 1.165) is 47.4 Å². The number of hydrogen-bond donors (Lipinski definition) is 1. The Hall–Kier alpha value is -1.77. The first kappa shape index (κ1) is 13.7. The van der Waals surface area contributed by atoms with Gasteiger partial charge in [-0.15, -0.1) is 0 Å². The van der Waals surface area contributed by atoms with Crippen LogP contribution in [0, 0.1) is 6.92 Å². The summed E-state index contributed by atoms with van der Waals surface area (Å²) in [4.78, 5) is 18.0. The van der Waals surface area contributed by atoms with Crippen molar-refractivity contribution in [3.63, 3.8) is 0 Å². The lowest BCUT2D eigenvalue weighted by atomic mass is 10.1. The Morgan fingerprint density at radius 3 is 2.42 bits per heavy atom. The number of nitrogens with one attached hydrogen (secondary N) is 1. The van der Waals surface area contributed by atoms with E-state index in [9.17, 15) is 4.79 Å². The number of aromatic amines is 1. The highest BCUT2D eigenvalue weighted by molar-refractivity contribution is 5.83. The van der Waals surface area contributed by atoms with Gasteiger partial charge < -0.3 is 9.88 Å². The maximum atomic E-state index is 12.4. The molecule has 0 unspecified atom stereocenters. The van der Waals surface area contributed by atoms with Gasteiger partial charge in [0.25, 0.3) is 0 Å². The number of benzene rings is 1. The number of H-pyrrole nitrogens is 1. The Morgan fingerprint density at radius 2 is 1.84 bits per heavy atom. The van der Waals surface area contributed by atoms with Gasteiger partial charge in [-0.05, 0) is 45.4 Å². The van der Waals surface area contributed by atoms with Gasteiger partial charge in [0.1, 0.15) is 0 Å². The van der Waals surface area contributed by atoms with Crippen molar-refractivity contribution in [1.29, 1.82) is 0 Å². The third-order valence-corrected chi connectivity index (χ3v) is 3.81. The summed E-state index contributed by atoms with van der Waals surface area (Å²) < 4.78 is 0. The molecule has 1 aromatic heterocycles. The summed E-state index contributed by atoms with van der Waals surface area (Å²) >= 11 is 0. The highest BCUT2D eigenvalue weighted by atomic mass is 16.1. The number of anilines is 1. The molecule has 0 saturated carbocycles. The van der Waals surface area contributed by atoms with Gasteiger partial charge in [0.05, 0.1) is 0 Å². The van der Waals surface area contributed by atoms with E-state index >= 15 is 0 Å². The Morgan fingerprint density at radius 1 is 1.16 bits per heavy atom. The molecule has 19 heavy (non-hydrogen) atoms. The molecule has 0 aliphatic heterocycles. The van der Waals surface area contributed by atoms with Crippen LogP contribution in [-0.4, -0.2) is 18.1 Å². The number of pyridine rings is 1. The molecule has 2 rings (SSSR count). The minimum absolute atomic E-state index is 0.152. The van der Waals surface area contributed by atoms with Gasteiger partial charge >= 0.3 is 0 Å². The zero-order chi connectivity index (χ0) is 14.0. The molecular formula is C16H22N2O. The van der Waals surface area contributed by atoms with Crippen molar-refractivity contribution in [2.24, 2.45) is 0 Å². The molecule has 0 radical (unpaired) electrons. The van der Waals surface area contributed by atoms with Crippen LogP contribution in [0.25, 0.3) is 10.9 Å². The lowest BCUT2D eigenvalue weighted by Crippen LogP contribution is -2.22. The highest BCUT2D eigenvalue weighted by Crippen LogP contribution is 2.20. The van der Waals surface area contributed by atoms with Crippen molar-refractivity contribution < 1.29 is 0 Å². The van der Waals surface area contributed by atoms with Crippen molar-refractivity contribution in [2.45, 2.75) is 34.1 Å². The number of fused-ring (bicyclic) bond motifs is 1. The molecule has 0 saturated heterocycles. The first-order valence-electron chi connectivity index (χ1n) is 7.02. The molecule has 3 heteroatoms. The topological polar surface area (TPSA) is 36.1 Å². The zero-order valence-corrected chi connectivity index (χ0v) is 12.2. The average Bonchev–Trinajstić information content (AvgIpc) is 2.44. The number of aromatic nitrogens is 1. The van der Waals surface area contributed by atoms with Gasteiger partial charge in [0, 0.05) is 40.9 Å². The van der Waals surface area contributed by atoms with Gasteiger partial charge in [0.15, 0.2) is 5.43 Å². The maximum Gasteiger partial charge on any atom is 0.192 e. The fourth-order valence-corrected chi connectivity index (χ4v) is 2.56. The summed E-state index contributed by atoms with van der Waals surface area (Å²) in [7, 11) is 0. The van der Waals surface area contributed by atoms with Gasteiger partial charge in [-0.2, -0.15) is 0 Å². The molecule has 2 aromatic rings. The average molecular weight is 258 g/mol. The third kappa shape index (κ3) is 2.37. The first-order chi connectivity index (χ1) is 9.12. The fourth-order valence-electron chi connectivity index (χ4n) is 2.56. The highest BCUT2D eigenvalue weighted by Gasteiger charge is 2.09. The number of nitrogens with zero attached hydrogens (tertiary/aromatic N) is 1. The Labute approximate surface area is 114 Å². The fraction of sp³-hybridized carbons (Fsp3) is 0.438. The van der Waals surface area contributed by atoms with Crippen LogP contribution in [0.2, 0.25) is 0 Å². The van der Waals surface area contributed by atoms with Crippen LogP contribution < -0.4 is 10.3 Å². The van der Waals surface area contributed by atoms with E-state index in [0.29, 0.717) is 0 Å². The largest absolute Gasteiger partial charge is 0.372 e. The summed E-state index contributed by atoms with van der Waals surface area (Å²) in [6, 6.07) is 6.11. The number of hydrogen-bond acceptors (Lipinski definition) is 2. The Balaban J connectivity index is 2.67. The predicted octanol–water partition coefficient (Wildman–Crippen LogP) is 3.25. The van der Waals surface area contributed by atoms with Crippen molar-refractivity contribution >= 4 is 16.6 Å². The van der Waals surface area contributed by atoms with Crippen LogP contribution >= 0.6 is 0 Å². The van der Waals surface area contributed by atoms with Crippen LogP contribution in [-0.2, 0) is 6.42 Å². The summed E-state index contributed by atoms with van der Waals surface area (Å²) in [6.07, 6.45) is 0.856. The summed E-state index contributed by atoms with van der Waals surface area (Å²) in [5.41, 5.74) is 4.08. The number of rotatable bonds is 4. The predicted molar refractivity (Wildman–Crippen MR) is 82.2 cm³/mol. The van der Waals surface area contributed by atoms with E-state index < -0.39 is 0 Å². The molecule has 1 N–H and O–H groups in total. The minimum atomic E-state index is 0.152. The smallest absolute Gasteiger partial charge is 0.192 e. The van der Waals surface area contributed by atoms with E-state index in [1.54, 1.807) is 0 Å². The van der Waals surface area contributed by atoms with Gasteiger partial charge in [0.2, 0.25) is 0 Å². The number of aryl methyl sites for hydroxylation is 1. The van der Waals surface area contributed by atoms with Gasteiger partial charge in [-0.3, -0.25) is 4.79 Å². The molecule has 1 heterocycles. The van der Waals surface area contributed by atoms with E-state index in [4.69, 9.17) is 0 Å². The molecular weight excluding hydrogens is 236 g/mol. The van der Waals surface area contributed by atoms with E-state index in [1.807, 2.05) is 19.1 Å². The van der Waals surface area contributed by atoms with Gasteiger partial charge in [-0.25, -0.2) is 0 Å². The Kier molecular flexibility index (Phi) is 3.93. The van der Waals surface area contributed by atoms with Gasteiger partial charge in [-0.1, -0.05) is 6.92 Å². The molecule has 0 bridgehead atoms. The second-order valence-electron chi connectivity index (χ2n) is 4.81. The third-order valence-electron chi connectivity index (χ3n) is 3.81. The lowest BCUT2D eigenvalue weighted by Gasteiger charge is -2.21. The lowest BCUT2D eigenvalue weighted by molar-refractivity contribution is 0.867. The summed E-state index contributed by atoms with van der Waals surface area (Å²) in [5, 5.41) is 0.791. The molecule has 1 aromatic carbocycles. The van der Waals surface area contributed by atoms with Crippen molar-refractivity contribution in [3.05, 3.63) is 39.7 Å². The molecule has 0 fully saturated rings. The molecule has 3 nitrogen and oxygen atoms in total. The summed E-state index contributed by atoms with van der Waals surface area (Å²) in [6.45, 7) is 10.1. The molecule has 0 atom stereocenters. The maximum absolute atomic E-state index is 12.4. The first-order valence-corrected chi connectivity index (χ1v) is 7.02. The second kappa shape index (κ2) is 5.47. The zero-order valence-electron chi connectivity index (χ0n) is 12.2. The van der Waals surface area contributed by atoms with Crippen LogP contribution in [0.5, 0.6) is 0 Å². The van der Waals surface area contributed by atoms with Crippen LogP contribution in [0.3, 0.4) is 0 Å². The normalized spacial score (nSPS) is 10.9. The van der Waals surface area contributed by atoms with E-state index in [1.165, 1.54) is 0 Å². The van der Waals surface area contributed by atoms with Crippen LogP contribution in [0.4, 0.5) is 5.69 Å². The van der Waals surface area contributed by atoms with Crippen LogP contribution in [0.1, 0.15) is 32.0 Å². The quantitative estimate of drug-likeness (QED) is 0.914. The monoisotopic (exact) mass is 258 g/mol. The van der Waals surface area contributed by atoms with E-state index in [-0.39, 0.29) is 5.43 Å². The molecule has 102 valence electrons. The standard InChI is InChI=1S/C16H22N2O/c1-5-14-11(4)16(19)13-10-12(18(6-2)7-3)8-9-15(13)17-14/h8-10H,5-7H2,1-4H3,(H,17,19). The molecule has 0 aliphatic rings. The molecule has 0 spiro atoms. The summed E-state index contributed by atoms with van der Waals surface area (Å²) in [5.74, 6) is 0. The molecule has 0 aliphatic carbocycles. The van der Waals surface area contributed by atoms with Crippen molar-refractivity contribution in [3.8, 4) is 0 Å². The second-order valence-corrected chi connectivity index (χ2v) is 4.81. The van der Waals surface area contributed by atoms with E-state index in [2.05, 4.69) is 36.7 Å². The van der Waals surface area contributed by atoms with Crippen LogP contribution in [0.15, 0.2) is 23.0 Å². The Bertz CT molecular complexity index is 639. The van der Waals surface area contributed by atoms with Crippen molar-refractivity contribution in [1.82, 2.24) is 4.98 Å². The minimum Gasteiger partial charge on any atom is -0.372 e.